The van der Waals surface area contributed by atoms with E-state index in [4.69, 9.17) is 9.05 Å². The summed E-state index contributed by atoms with van der Waals surface area (Å²) in [5.74, 6) is 0. The fraction of sp³-hybridized carbons (Fsp3) is 1.00. The van der Waals surface area contributed by atoms with Crippen LogP contribution in [0, 0.1) is 0 Å². The van der Waals surface area contributed by atoms with E-state index in [1.807, 2.05) is 20.9 Å². The molecule has 14 heavy (non-hydrogen) atoms. The maximum Gasteiger partial charge on any atom is 0.401 e. The van der Waals surface area contributed by atoms with E-state index in [1.54, 1.807) is 4.34 Å². The van der Waals surface area contributed by atoms with Gasteiger partial charge in [-0.3, -0.25) is 9.05 Å². The minimum absolute atomic E-state index is 0.409. The van der Waals surface area contributed by atoms with Crippen molar-refractivity contribution in [3.63, 3.8) is 0 Å². The maximum atomic E-state index is 12.3. The second-order valence-electron chi connectivity index (χ2n) is 4.00. The molecule has 6 heteroatoms. The first-order chi connectivity index (χ1) is 6.28. The molecule has 0 heterocycles. The number of hydrogen-bond donors (Lipinski definition) is 0. The van der Waals surface area contributed by atoms with Crippen LogP contribution in [0.1, 0.15) is 13.8 Å². The first-order valence-electron chi connectivity index (χ1n) is 4.91. The molecule has 0 radical (unpaired) electrons. The molecule has 0 aliphatic heterocycles. The molecule has 0 N–H and O–H groups in total. The van der Waals surface area contributed by atoms with E-state index in [2.05, 4.69) is 19.6 Å². The second kappa shape index (κ2) is 5.42. The summed E-state index contributed by atoms with van der Waals surface area (Å²) in [6.07, 6.45) is 0. The van der Waals surface area contributed by atoms with Crippen LogP contribution < -0.4 is 0 Å². The van der Waals surface area contributed by atoms with Crippen LogP contribution >= 0.6 is 7.75 Å². The molecule has 0 amide bonds. The van der Waals surface area contributed by atoms with Crippen LogP contribution in [0.3, 0.4) is 0 Å². The predicted molar refractivity (Wildman–Crippen MR) is 62.0 cm³/mol. The highest BCUT2D eigenvalue weighted by Gasteiger charge is 2.38. The van der Waals surface area contributed by atoms with Gasteiger partial charge in [0.25, 0.3) is 0 Å². The molecule has 0 bridgehead atoms. The van der Waals surface area contributed by atoms with Crippen LogP contribution in [0.15, 0.2) is 0 Å². The van der Waals surface area contributed by atoms with Gasteiger partial charge in [-0.25, -0.2) is 8.90 Å². The van der Waals surface area contributed by atoms with Gasteiger partial charge in [0.05, 0.1) is 13.2 Å². The fourth-order valence-corrected chi connectivity index (χ4v) is 5.26. The first-order valence-corrected chi connectivity index (χ1v) is 9.85. The van der Waals surface area contributed by atoms with Crippen molar-refractivity contribution in [2.24, 2.45) is 0 Å². The highest BCUT2D eigenvalue weighted by Crippen LogP contribution is 2.53. The quantitative estimate of drug-likeness (QED) is 0.527. The molecule has 0 rings (SSSR count). The van der Waals surface area contributed by atoms with E-state index in [0.717, 1.165) is 0 Å². The molecule has 0 aromatic heterocycles. The zero-order chi connectivity index (χ0) is 11.4. The Kier molecular flexibility index (Phi) is 5.55. The van der Waals surface area contributed by atoms with Crippen molar-refractivity contribution < 1.29 is 13.6 Å². The molecule has 86 valence electrons. The van der Waals surface area contributed by atoms with Crippen molar-refractivity contribution in [2.45, 2.75) is 33.5 Å². The molecule has 0 aromatic carbocycles. The van der Waals surface area contributed by atoms with E-state index in [9.17, 15) is 4.57 Å². The normalized spacial score (nSPS) is 13.6. The highest BCUT2D eigenvalue weighted by atomic mass is 31.2. The Morgan fingerprint density at radius 1 is 1.14 bits per heavy atom. The third kappa shape index (κ3) is 3.83. The zero-order valence-corrected chi connectivity index (χ0v) is 11.9. The minimum Gasteiger partial charge on any atom is -0.297 e. The Hall–Kier alpha value is 0.327. The molecular weight excluding hydrogens is 217 g/mol. The molecule has 4 nitrogen and oxygen atoms in total. The summed E-state index contributed by atoms with van der Waals surface area (Å²) in [4.78, 5) is 0. The van der Waals surface area contributed by atoms with Gasteiger partial charge in [-0.15, -0.1) is 0 Å². The van der Waals surface area contributed by atoms with Gasteiger partial charge < -0.3 is 0 Å². The molecule has 0 spiro atoms. The van der Waals surface area contributed by atoms with E-state index in [0.29, 0.717) is 13.2 Å². The van der Waals surface area contributed by atoms with Gasteiger partial charge in [-0.1, -0.05) is 19.6 Å². The molecule has 0 unspecified atom stereocenters. The van der Waals surface area contributed by atoms with Crippen molar-refractivity contribution in [2.75, 3.05) is 20.3 Å². The Morgan fingerprint density at radius 3 is 1.71 bits per heavy atom. The van der Waals surface area contributed by atoms with Crippen LogP contribution in [0.5, 0.6) is 0 Å². The minimum atomic E-state index is -3.04. The van der Waals surface area contributed by atoms with Crippen molar-refractivity contribution in [1.29, 1.82) is 0 Å². The molecule has 0 atom stereocenters. The third-order valence-corrected chi connectivity index (χ3v) is 8.30. The Labute approximate surface area is 88.3 Å². The number of hydrogen-bond acceptors (Lipinski definition) is 3. The van der Waals surface area contributed by atoms with E-state index < -0.39 is 16.0 Å². The summed E-state index contributed by atoms with van der Waals surface area (Å²) in [6, 6.07) is 0. The summed E-state index contributed by atoms with van der Waals surface area (Å²) in [5, 5.41) is 0. The van der Waals surface area contributed by atoms with Gasteiger partial charge >= 0.3 is 7.75 Å². The second-order valence-corrected chi connectivity index (χ2v) is 11.4. The zero-order valence-electron chi connectivity index (χ0n) is 10.0. The lowest BCUT2D eigenvalue weighted by Crippen LogP contribution is -2.41. The summed E-state index contributed by atoms with van der Waals surface area (Å²) in [7, 11) is -2.87. The summed E-state index contributed by atoms with van der Waals surface area (Å²) >= 11 is 0. The van der Waals surface area contributed by atoms with Gasteiger partial charge in [0.1, 0.15) is 8.24 Å². The van der Waals surface area contributed by atoms with Gasteiger partial charge in [0.15, 0.2) is 0 Å². The summed E-state index contributed by atoms with van der Waals surface area (Å²) in [6.45, 7) is 10.8. The van der Waals surface area contributed by atoms with Crippen LogP contribution in [0.25, 0.3) is 0 Å². The van der Waals surface area contributed by atoms with Gasteiger partial charge in [-0.2, -0.15) is 0 Å². The molecule has 0 fully saturated rings. The average molecular weight is 239 g/mol. The van der Waals surface area contributed by atoms with E-state index in [-0.39, 0.29) is 0 Å². The molecule has 0 aliphatic rings. The predicted octanol–water partition coefficient (Wildman–Crippen LogP) is 2.93. The Bertz CT molecular complexity index is 207. The number of nitrogens with zero attached hydrogens (tertiary/aromatic N) is 1. The average Bonchev–Trinajstić information content (AvgIpc) is 2.02. The van der Waals surface area contributed by atoms with Crippen molar-refractivity contribution in [3.05, 3.63) is 0 Å². The SMILES string of the molecule is CCOP(=O)(OCC)N(C)[Si](C)(C)C. The van der Waals surface area contributed by atoms with Crippen molar-refractivity contribution in [1.82, 2.24) is 4.34 Å². The van der Waals surface area contributed by atoms with Gasteiger partial charge in [0.2, 0.25) is 0 Å². The first kappa shape index (κ1) is 14.3. The lowest BCUT2D eigenvalue weighted by Gasteiger charge is -2.34. The van der Waals surface area contributed by atoms with Crippen LogP contribution in [0.4, 0.5) is 0 Å². The van der Waals surface area contributed by atoms with Crippen molar-refractivity contribution >= 4 is 16.0 Å². The molecule has 0 aromatic rings. The smallest absolute Gasteiger partial charge is 0.297 e. The van der Waals surface area contributed by atoms with Gasteiger partial charge in [-0.05, 0) is 20.9 Å². The molecular formula is C8H22NO3PSi. The largest absolute Gasteiger partial charge is 0.401 e. The third-order valence-electron chi connectivity index (χ3n) is 1.92. The molecule has 0 saturated heterocycles. The molecule has 0 saturated carbocycles. The lowest BCUT2D eigenvalue weighted by atomic mass is 10.9. The summed E-state index contributed by atoms with van der Waals surface area (Å²) in [5.41, 5.74) is 0. The Balaban J connectivity index is 4.73. The molecule has 0 aliphatic carbocycles. The van der Waals surface area contributed by atoms with E-state index >= 15 is 0 Å². The van der Waals surface area contributed by atoms with Gasteiger partial charge in [0, 0.05) is 0 Å². The van der Waals surface area contributed by atoms with Crippen LogP contribution in [0.2, 0.25) is 19.6 Å². The lowest BCUT2D eigenvalue weighted by molar-refractivity contribution is 0.195. The summed E-state index contributed by atoms with van der Waals surface area (Å²) < 4.78 is 24.6. The standard InChI is InChI=1S/C8H22NO3PSi/c1-7-11-13(10,12-8-2)9(3)14(4,5)6/h7-8H2,1-6H3. The maximum absolute atomic E-state index is 12.3. The van der Waals surface area contributed by atoms with E-state index in [1.165, 1.54) is 0 Å². The fourth-order valence-electron chi connectivity index (χ4n) is 0.904. The van der Waals surface area contributed by atoms with Crippen molar-refractivity contribution in [3.8, 4) is 0 Å². The topological polar surface area (TPSA) is 38.8 Å². The Morgan fingerprint density at radius 2 is 1.50 bits per heavy atom. The highest BCUT2D eigenvalue weighted by molar-refractivity contribution is 7.53. The number of rotatable bonds is 6. The van der Waals surface area contributed by atoms with Crippen LogP contribution in [-0.4, -0.2) is 32.8 Å². The monoisotopic (exact) mass is 239 g/mol. The van der Waals surface area contributed by atoms with Crippen LogP contribution in [-0.2, 0) is 13.6 Å².